The molecule has 0 aliphatic heterocycles. The fraction of sp³-hybridized carbons (Fsp3) is 0.0909. The number of hydrogen-bond donors (Lipinski definition) is 2. The van der Waals surface area contributed by atoms with Crippen molar-refractivity contribution in [1.82, 2.24) is 10.9 Å². The van der Waals surface area contributed by atoms with Gasteiger partial charge >= 0.3 is 0 Å². The number of nitro groups is 1. The molecule has 3 aromatic carbocycles. The standard InChI is InChI=1S/C22H18ClN3O5/c23-19-13-17(26(29)30)10-11-18(19)22(28)25-24-21(27)14-31-20-9-5-4-8-16(20)12-15-6-2-1-3-7-15/h1-11,13H,12,14H2,(H,24,27)(H,25,28). The summed E-state index contributed by atoms with van der Waals surface area (Å²) in [7, 11) is 0. The minimum atomic E-state index is -0.710. The minimum Gasteiger partial charge on any atom is -0.483 e. The zero-order valence-corrected chi connectivity index (χ0v) is 17.0. The lowest BCUT2D eigenvalue weighted by Crippen LogP contribution is -2.44. The number of halogens is 1. The molecule has 0 aliphatic rings. The van der Waals surface area contributed by atoms with Gasteiger partial charge in [-0.15, -0.1) is 0 Å². The van der Waals surface area contributed by atoms with Crippen molar-refractivity contribution in [2.45, 2.75) is 6.42 Å². The van der Waals surface area contributed by atoms with Crippen molar-refractivity contribution in [2.75, 3.05) is 6.61 Å². The lowest BCUT2D eigenvalue weighted by molar-refractivity contribution is -0.384. The van der Waals surface area contributed by atoms with Crippen LogP contribution in [-0.2, 0) is 11.2 Å². The quantitative estimate of drug-likeness (QED) is 0.431. The first-order chi connectivity index (χ1) is 14.9. The SMILES string of the molecule is O=C(COc1ccccc1Cc1ccccc1)NNC(=O)c1ccc([N+](=O)[O-])cc1Cl. The number of rotatable bonds is 7. The van der Waals surface area contributed by atoms with E-state index >= 15 is 0 Å². The van der Waals surface area contributed by atoms with Crippen LogP contribution < -0.4 is 15.6 Å². The van der Waals surface area contributed by atoms with Crippen molar-refractivity contribution < 1.29 is 19.2 Å². The van der Waals surface area contributed by atoms with Crippen molar-refractivity contribution in [3.8, 4) is 5.75 Å². The minimum absolute atomic E-state index is 0.0123. The number of para-hydroxylation sites is 1. The second-order valence-corrected chi connectivity index (χ2v) is 6.89. The number of carbonyl (C=O) groups is 2. The molecule has 8 nitrogen and oxygen atoms in total. The van der Waals surface area contributed by atoms with Crippen molar-refractivity contribution >= 4 is 29.1 Å². The molecule has 0 spiro atoms. The Morgan fingerprint density at radius 1 is 0.968 bits per heavy atom. The predicted molar refractivity (Wildman–Crippen MR) is 115 cm³/mol. The van der Waals surface area contributed by atoms with Gasteiger partial charge in [-0.05, 0) is 23.3 Å². The van der Waals surface area contributed by atoms with Crippen LogP contribution in [0.25, 0.3) is 0 Å². The van der Waals surface area contributed by atoms with E-state index in [1.807, 2.05) is 42.5 Å². The molecule has 0 saturated heterocycles. The molecule has 0 aromatic heterocycles. The number of ether oxygens (including phenoxy) is 1. The highest BCUT2D eigenvalue weighted by Gasteiger charge is 2.16. The van der Waals surface area contributed by atoms with Crippen molar-refractivity contribution in [3.05, 3.63) is 105 Å². The number of benzene rings is 3. The summed E-state index contributed by atoms with van der Waals surface area (Å²) < 4.78 is 5.61. The van der Waals surface area contributed by atoms with Crippen LogP contribution in [0.5, 0.6) is 5.75 Å². The van der Waals surface area contributed by atoms with E-state index < -0.39 is 16.7 Å². The highest BCUT2D eigenvalue weighted by atomic mass is 35.5. The lowest BCUT2D eigenvalue weighted by atomic mass is 10.0. The van der Waals surface area contributed by atoms with Gasteiger partial charge in [0.15, 0.2) is 6.61 Å². The highest BCUT2D eigenvalue weighted by Crippen LogP contribution is 2.23. The van der Waals surface area contributed by atoms with Gasteiger partial charge in [-0.3, -0.25) is 30.6 Å². The third kappa shape index (κ3) is 6.03. The third-order valence-electron chi connectivity index (χ3n) is 4.29. The Morgan fingerprint density at radius 3 is 2.39 bits per heavy atom. The van der Waals surface area contributed by atoms with Gasteiger partial charge < -0.3 is 4.74 Å². The number of nitrogens with one attached hydrogen (secondary N) is 2. The Labute approximate surface area is 182 Å². The molecule has 0 saturated carbocycles. The smallest absolute Gasteiger partial charge is 0.276 e. The van der Waals surface area contributed by atoms with Crippen LogP contribution in [0.2, 0.25) is 5.02 Å². The first kappa shape index (κ1) is 21.8. The van der Waals surface area contributed by atoms with Crippen LogP contribution in [0.4, 0.5) is 5.69 Å². The largest absolute Gasteiger partial charge is 0.483 e. The fourth-order valence-electron chi connectivity index (χ4n) is 2.78. The van der Waals surface area contributed by atoms with E-state index in [1.54, 1.807) is 12.1 Å². The van der Waals surface area contributed by atoms with Crippen molar-refractivity contribution in [3.63, 3.8) is 0 Å². The van der Waals surface area contributed by atoms with E-state index in [0.29, 0.717) is 12.2 Å². The van der Waals surface area contributed by atoms with Gasteiger partial charge in [0.1, 0.15) is 5.75 Å². The fourth-order valence-corrected chi connectivity index (χ4v) is 3.04. The van der Waals surface area contributed by atoms with Crippen molar-refractivity contribution in [1.29, 1.82) is 0 Å². The molecule has 2 amide bonds. The maximum Gasteiger partial charge on any atom is 0.276 e. The average molecular weight is 440 g/mol. The number of non-ortho nitro benzene ring substituents is 1. The summed E-state index contributed by atoms with van der Waals surface area (Å²) >= 11 is 5.91. The average Bonchev–Trinajstić information content (AvgIpc) is 2.77. The number of amides is 2. The summed E-state index contributed by atoms with van der Waals surface area (Å²) in [6, 6.07) is 20.6. The van der Waals surface area contributed by atoms with Crippen LogP contribution in [-0.4, -0.2) is 23.3 Å². The number of nitro benzene ring substituents is 1. The Hall–Kier alpha value is -3.91. The lowest BCUT2D eigenvalue weighted by Gasteiger charge is -2.12. The molecule has 0 unspecified atom stereocenters. The van der Waals surface area contributed by atoms with Gasteiger partial charge in [0.25, 0.3) is 17.5 Å². The Balaban J connectivity index is 1.54. The number of hydrazine groups is 1. The number of carbonyl (C=O) groups excluding carboxylic acids is 2. The number of hydrogen-bond acceptors (Lipinski definition) is 5. The number of nitrogens with zero attached hydrogens (tertiary/aromatic N) is 1. The molecule has 9 heteroatoms. The molecular weight excluding hydrogens is 422 g/mol. The third-order valence-corrected chi connectivity index (χ3v) is 4.61. The molecule has 3 rings (SSSR count). The first-order valence-corrected chi connectivity index (χ1v) is 9.59. The van der Waals surface area contributed by atoms with Crippen LogP contribution in [0.3, 0.4) is 0 Å². The van der Waals surface area contributed by atoms with E-state index in [9.17, 15) is 19.7 Å². The van der Waals surface area contributed by atoms with Gasteiger partial charge in [0, 0.05) is 18.6 Å². The summed E-state index contributed by atoms with van der Waals surface area (Å²) in [5.74, 6) is -0.732. The van der Waals surface area contributed by atoms with E-state index in [0.717, 1.165) is 23.3 Å². The monoisotopic (exact) mass is 439 g/mol. The molecular formula is C22H18ClN3O5. The molecule has 0 bridgehead atoms. The second-order valence-electron chi connectivity index (χ2n) is 6.48. The van der Waals surface area contributed by atoms with E-state index in [4.69, 9.17) is 16.3 Å². The van der Waals surface area contributed by atoms with Gasteiger partial charge in [0.2, 0.25) is 0 Å². The van der Waals surface area contributed by atoms with Crippen molar-refractivity contribution in [2.24, 2.45) is 0 Å². The van der Waals surface area contributed by atoms with Gasteiger partial charge in [-0.1, -0.05) is 60.1 Å². The summed E-state index contributed by atoms with van der Waals surface area (Å²) in [6.45, 7) is -0.319. The Morgan fingerprint density at radius 2 is 1.68 bits per heavy atom. The Kier molecular flexibility index (Phi) is 7.18. The molecule has 31 heavy (non-hydrogen) atoms. The molecule has 158 valence electrons. The van der Waals surface area contributed by atoms with Gasteiger partial charge in [-0.25, -0.2) is 0 Å². The molecule has 0 heterocycles. The zero-order valence-electron chi connectivity index (χ0n) is 16.2. The Bertz CT molecular complexity index is 1110. The topological polar surface area (TPSA) is 111 Å². The molecule has 3 aromatic rings. The molecule has 2 N–H and O–H groups in total. The van der Waals surface area contributed by atoms with E-state index in [-0.39, 0.29) is 22.9 Å². The van der Waals surface area contributed by atoms with Crippen LogP contribution in [0.15, 0.2) is 72.8 Å². The highest BCUT2D eigenvalue weighted by molar-refractivity contribution is 6.34. The molecule has 0 atom stereocenters. The summed E-state index contributed by atoms with van der Waals surface area (Å²) in [4.78, 5) is 34.4. The van der Waals surface area contributed by atoms with Gasteiger partial charge in [-0.2, -0.15) is 0 Å². The van der Waals surface area contributed by atoms with Crippen LogP contribution >= 0.6 is 11.6 Å². The summed E-state index contributed by atoms with van der Waals surface area (Å²) in [5, 5.41) is 10.6. The maximum atomic E-state index is 12.2. The zero-order chi connectivity index (χ0) is 22.2. The molecule has 0 radical (unpaired) electrons. The summed E-state index contributed by atoms with van der Waals surface area (Å²) in [6.07, 6.45) is 0.647. The molecule has 0 aliphatic carbocycles. The predicted octanol–water partition coefficient (Wildman–Crippen LogP) is 3.68. The van der Waals surface area contributed by atoms with Crippen LogP contribution in [0.1, 0.15) is 21.5 Å². The summed E-state index contributed by atoms with van der Waals surface area (Å²) in [5.41, 5.74) is 6.21. The van der Waals surface area contributed by atoms with Crippen LogP contribution in [0, 0.1) is 10.1 Å². The van der Waals surface area contributed by atoms with Gasteiger partial charge in [0.05, 0.1) is 15.5 Å². The molecule has 0 fully saturated rings. The second kappa shape index (κ2) is 10.2. The van der Waals surface area contributed by atoms with E-state index in [2.05, 4.69) is 10.9 Å². The normalized spacial score (nSPS) is 10.2. The van der Waals surface area contributed by atoms with E-state index in [1.165, 1.54) is 6.07 Å². The maximum absolute atomic E-state index is 12.2. The first-order valence-electron chi connectivity index (χ1n) is 9.22.